The van der Waals surface area contributed by atoms with Crippen LogP contribution in [0.4, 0.5) is 0 Å². The molecule has 0 aromatic heterocycles. The first-order chi connectivity index (χ1) is 11.8. The number of amides is 1. The summed E-state index contributed by atoms with van der Waals surface area (Å²) in [4.78, 5) is 13.8. The van der Waals surface area contributed by atoms with Crippen molar-refractivity contribution in [3.63, 3.8) is 0 Å². The highest BCUT2D eigenvalue weighted by Crippen LogP contribution is 2.19. The lowest BCUT2D eigenvalue weighted by atomic mass is 10.1. The molecule has 1 aliphatic rings. The van der Waals surface area contributed by atoms with Gasteiger partial charge in [-0.25, -0.2) is 12.7 Å². The molecule has 8 heteroatoms. The van der Waals surface area contributed by atoms with Gasteiger partial charge < -0.3 is 10.4 Å². The number of aliphatic hydroxyl groups is 1. The quantitative estimate of drug-likeness (QED) is 0.647. The van der Waals surface area contributed by atoms with Gasteiger partial charge in [0, 0.05) is 39.6 Å². The van der Waals surface area contributed by atoms with Crippen molar-refractivity contribution >= 4 is 15.9 Å². The first kappa shape index (κ1) is 19.8. The molecule has 1 saturated heterocycles. The molecule has 0 spiro atoms. The maximum atomic E-state index is 12.0. The molecule has 2 rings (SSSR count). The van der Waals surface area contributed by atoms with Crippen LogP contribution in [0.2, 0.25) is 0 Å². The third kappa shape index (κ3) is 6.07. The van der Waals surface area contributed by atoms with E-state index in [-0.39, 0.29) is 24.1 Å². The van der Waals surface area contributed by atoms with Crippen molar-refractivity contribution in [2.45, 2.75) is 12.5 Å². The zero-order valence-corrected chi connectivity index (χ0v) is 15.6. The zero-order chi connectivity index (χ0) is 18.4. The summed E-state index contributed by atoms with van der Waals surface area (Å²) in [6.45, 7) is 1.45. The molecule has 2 atom stereocenters. The van der Waals surface area contributed by atoms with E-state index in [4.69, 9.17) is 0 Å². The average Bonchev–Trinajstić information content (AvgIpc) is 2.87. The molecule has 0 aliphatic carbocycles. The van der Waals surface area contributed by atoms with E-state index in [0.717, 1.165) is 12.0 Å². The molecule has 1 fully saturated rings. The van der Waals surface area contributed by atoms with E-state index in [1.165, 1.54) is 18.4 Å². The Balaban J connectivity index is 1.74. The molecule has 140 valence electrons. The van der Waals surface area contributed by atoms with Gasteiger partial charge in [0.05, 0.1) is 18.4 Å². The second-order valence-electron chi connectivity index (χ2n) is 6.67. The average molecular weight is 369 g/mol. The molecule has 1 aromatic rings. The second-order valence-corrected chi connectivity index (χ2v) is 8.90. The summed E-state index contributed by atoms with van der Waals surface area (Å²) in [7, 11) is -0.404. The van der Waals surface area contributed by atoms with Crippen LogP contribution in [0.1, 0.15) is 5.56 Å². The molecule has 2 N–H and O–H groups in total. The number of hydrogen-bond acceptors (Lipinski definition) is 5. The summed E-state index contributed by atoms with van der Waals surface area (Å²) in [6, 6.07) is 9.90. The number of sulfonamides is 1. The minimum Gasteiger partial charge on any atom is -0.391 e. The lowest BCUT2D eigenvalue weighted by molar-refractivity contribution is -0.122. The van der Waals surface area contributed by atoms with Crippen molar-refractivity contribution in [1.29, 1.82) is 0 Å². The number of nitrogens with zero attached hydrogens (tertiary/aromatic N) is 2. The maximum Gasteiger partial charge on any atom is 0.234 e. The highest BCUT2D eigenvalue weighted by molar-refractivity contribution is 7.89. The number of β-amino-alcohol motifs (C(OH)–C–C–N with tert-alkyl or cyclic N) is 1. The third-order valence-electron chi connectivity index (χ3n) is 4.41. The Hall–Kier alpha value is -1.48. The lowest BCUT2D eigenvalue weighted by Crippen LogP contribution is -2.37. The maximum absolute atomic E-state index is 12.0. The summed E-state index contributed by atoms with van der Waals surface area (Å²) in [5.74, 6) is -0.586. The van der Waals surface area contributed by atoms with Crippen molar-refractivity contribution in [2.24, 2.45) is 5.92 Å². The lowest BCUT2D eigenvalue weighted by Gasteiger charge is -2.17. The molecule has 0 saturated carbocycles. The SMILES string of the molecule is CN(C)S(=O)(=O)C[C@@H]1CN(CC(=O)NCCc2ccccc2)C[C@H]1O. The number of carbonyl (C=O) groups is 1. The number of likely N-dealkylation sites (tertiary alicyclic amines) is 1. The molecule has 1 amide bonds. The molecule has 1 aliphatic heterocycles. The number of rotatable bonds is 8. The minimum absolute atomic E-state index is 0.104. The van der Waals surface area contributed by atoms with E-state index in [2.05, 4.69) is 5.32 Å². The van der Waals surface area contributed by atoms with Crippen molar-refractivity contribution < 1.29 is 18.3 Å². The molecular formula is C17H27N3O4S. The largest absolute Gasteiger partial charge is 0.391 e. The first-order valence-electron chi connectivity index (χ1n) is 8.39. The fraction of sp³-hybridized carbons (Fsp3) is 0.588. The van der Waals surface area contributed by atoms with E-state index in [1.54, 1.807) is 4.90 Å². The molecule has 0 radical (unpaired) electrons. The van der Waals surface area contributed by atoms with Crippen molar-refractivity contribution in [3.05, 3.63) is 35.9 Å². The van der Waals surface area contributed by atoms with Gasteiger partial charge in [-0.3, -0.25) is 9.69 Å². The van der Waals surface area contributed by atoms with E-state index in [0.29, 0.717) is 19.6 Å². The normalized spacial score (nSPS) is 21.6. The van der Waals surface area contributed by atoms with E-state index >= 15 is 0 Å². The van der Waals surface area contributed by atoms with Gasteiger partial charge >= 0.3 is 0 Å². The molecule has 25 heavy (non-hydrogen) atoms. The van der Waals surface area contributed by atoms with Crippen LogP contribution in [0.5, 0.6) is 0 Å². The highest BCUT2D eigenvalue weighted by Gasteiger charge is 2.35. The predicted molar refractivity (Wildman–Crippen MR) is 96.6 cm³/mol. The predicted octanol–water partition coefficient (Wildman–Crippen LogP) is -0.471. The van der Waals surface area contributed by atoms with Gasteiger partial charge in [-0.2, -0.15) is 0 Å². The molecule has 7 nitrogen and oxygen atoms in total. The van der Waals surface area contributed by atoms with Crippen LogP contribution in [-0.2, 0) is 21.2 Å². The Bertz CT molecular complexity index is 664. The number of hydrogen-bond donors (Lipinski definition) is 2. The summed E-state index contributed by atoms with van der Waals surface area (Å²) in [5, 5.41) is 13.0. The summed E-state index contributed by atoms with van der Waals surface area (Å²) in [5.41, 5.74) is 1.16. The van der Waals surface area contributed by atoms with Crippen LogP contribution >= 0.6 is 0 Å². The number of nitrogens with one attached hydrogen (secondary N) is 1. The molecule has 1 heterocycles. The van der Waals surface area contributed by atoms with Gasteiger partial charge in [-0.15, -0.1) is 0 Å². The third-order valence-corrected chi connectivity index (χ3v) is 6.37. The Morgan fingerprint density at radius 2 is 1.96 bits per heavy atom. The van der Waals surface area contributed by atoms with E-state index < -0.39 is 16.1 Å². The highest BCUT2D eigenvalue weighted by atomic mass is 32.2. The Kier molecular flexibility index (Phi) is 6.95. The number of carbonyl (C=O) groups excluding carboxylic acids is 1. The summed E-state index contributed by atoms with van der Waals surface area (Å²) < 4.78 is 25.1. The topological polar surface area (TPSA) is 90.0 Å². The van der Waals surface area contributed by atoms with Gasteiger partial charge in [0.1, 0.15) is 0 Å². The molecular weight excluding hydrogens is 342 g/mol. The van der Waals surface area contributed by atoms with Crippen LogP contribution in [-0.4, -0.2) is 80.8 Å². The first-order valence-corrected chi connectivity index (χ1v) is 10.00. The molecule has 0 unspecified atom stereocenters. The molecule has 1 aromatic carbocycles. The van der Waals surface area contributed by atoms with Crippen LogP contribution in [0, 0.1) is 5.92 Å². The standard InChI is InChI=1S/C17H27N3O4S/c1-19(2)25(23,24)13-15-10-20(11-16(15)21)12-17(22)18-9-8-14-6-4-3-5-7-14/h3-7,15-16,21H,8-13H2,1-2H3,(H,18,22)/t15-,16+/m0/s1. The summed E-state index contributed by atoms with van der Waals surface area (Å²) in [6.07, 6.45) is 0.0330. The molecule has 0 bridgehead atoms. The van der Waals surface area contributed by atoms with Crippen LogP contribution in [0.25, 0.3) is 0 Å². The van der Waals surface area contributed by atoms with Gasteiger partial charge in [0.2, 0.25) is 15.9 Å². The van der Waals surface area contributed by atoms with Crippen molar-refractivity contribution in [1.82, 2.24) is 14.5 Å². The van der Waals surface area contributed by atoms with Crippen molar-refractivity contribution in [2.75, 3.05) is 46.0 Å². The Morgan fingerprint density at radius 1 is 1.28 bits per heavy atom. The van der Waals surface area contributed by atoms with Gasteiger partial charge in [0.15, 0.2) is 0 Å². The fourth-order valence-electron chi connectivity index (χ4n) is 2.90. The van der Waals surface area contributed by atoms with Gasteiger partial charge in [-0.05, 0) is 12.0 Å². The van der Waals surface area contributed by atoms with E-state index in [1.807, 2.05) is 30.3 Å². The monoisotopic (exact) mass is 369 g/mol. The number of benzene rings is 1. The van der Waals surface area contributed by atoms with E-state index in [9.17, 15) is 18.3 Å². The Labute approximate surface area is 149 Å². The van der Waals surface area contributed by atoms with Crippen LogP contribution < -0.4 is 5.32 Å². The zero-order valence-electron chi connectivity index (χ0n) is 14.8. The van der Waals surface area contributed by atoms with Gasteiger partial charge in [-0.1, -0.05) is 30.3 Å². The minimum atomic E-state index is -3.37. The smallest absolute Gasteiger partial charge is 0.234 e. The van der Waals surface area contributed by atoms with Crippen LogP contribution in [0.3, 0.4) is 0 Å². The van der Waals surface area contributed by atoms with Crippen molar-refractivity contribution in [3.8, 4) is 0 Å². The number of aliphatic hydroxyl groups excluding tert-OH is 1. The summed E-state index contributed by atoms with van der Waals surface area (Å²) >= 11 is 0. The van der Waals surface area contributed by atoms with Gasteiger partial charge in [0.25, 0.3) is 0 Å². The Morgan fingerprint density at radius 3 is 2.60 bits per heavy atom. The van der Waals surface area contributed by atoms with Crippen LogP contribution in [0.15, 0.2) is 30.3 Å². The fourth-order valence-corrected chi connectivity index (χ4v) is 4.07. The second kappa shape index (κ2) is 8.75.